The van der Waals surface area contributed by atoms with Crippen molar-refractivity contribution in [2.24, 2.45) is 0 Å². The van der Waals surface area contributed by atoms with Gasteiger partial charge in [-0.05, 0) is 38.0 Å². The number of ether oxygens (including phenoxy) is 1. The standard InChI is InChI=1S/C19H22N4O2S/c1-15-22-17(13-26-15)12-25-18-6-4-5-16(11-18)19(24)21-7-2-3-9-23-10-8-20-14-23/h4-6,8,10-11,13-14H,2-3,7,9,12H2,1H3,(H,21,24). The van der Waals surface area contributed by atoms with Crippen molar-refractivity contribution in [3.05, 3.63) is 64.6 Å². The van der Waals surface area contributed by atoms with Crippen LogP contribution in [0, 0.1) is 6.92 Å². The zero-order valence-electron chi connectivity index (χ0n) is 14.7. The van der Waals surface area contributed by atoms with Crippen LogP contribution in [0.15, 0.2) is 48.4 Å². The first-order chi connectivity index (χ1) is 12.7. The summed E-state index contributed by atoms with van der Waals surface area (Å²) < 4.78 is 7.77. The Morgan fingerprint density at radius 2 is 2.27 bits per heavy atom. The molecule has 6 nitrogen and oxygen atoms in total. The lowest BCUT2D eigenvalue weighted by atomic mass is 10.2. The van der Waals surface area contributed by atoms with E-state index in [0.29, 0.717) is 24.5 Å². The first kappa shape index (κ1) is 18.1. The number of hydrogen-bond donors (Lipinski definition) is 1. The molecule has 0 spiro atoms. The quantitative estimate of drug-likeness (QED) is 0.586. The van der Waals surface area contributed by atoms with E-state index in [0.717, 1.165) is 30.1 Å². The fourth-order valence-corrected chi connectivity index (χ4v) is 3.10. The molecule has 1 aromatic carbocycles. The van der Waals surface area contributed by atoms with Crippen molar-refractivity contribution in [3.63, 3.8) is 0 Å². The summed E-state index contributed by atoms with van der Waals surface area (Å²) in [6.45, 7) is 3.93. The molecule has 0 unspecified atom stereocenters. The van der Waals surface area contributed by atoms with Gasteiger partial charge >= 0.3 is 0 Å². The molecular formula is C19H22N4O2S. The molecule has 136 valence electrons. The van der Waals surface area contributed by atoms with E-state index in [2.05, 4.69) is 15.3 Å². The third-order valence-electron chi connectivity index (χ3n) is 3.84. The lowest BCUT2D eigenvalue weighted by Gasteiger charge is -2.08. The molecule has 3 rings (SSSR count). The molecule has 0 atom stereocenters. The SMILES string of the molecule is Cc1nc(COc2cccc(C(=O)NCCCCn3ccnc3)c2)cs1. The molecule has 7 heteroatoms. The summed E-state index contributed by atoms with van der Waals surface area (Å²) >= 11 is 1.60. The number of benzene rings is 1. The molecule has 1 amide bonds. The molecule has 0 bridgehead atoms. The zero-order valence-corrected chi connectivity index (χ0v) is 15.5. The number of carbonyl (C=O) groups is 1. The largest absolute Gasteiger partial charge is 0.487 e. The number of amides is 1. The van der Waals surface area contributed by atoms with E-state index in [1.165, 1.54) is 0 Å². The van der Waals surface area contributed by atoms with Crippen molar-refractivity contribution in [1.82, 2.24) is 19.9 Å². The third-order valence-corrected chi connectivity index (χ3v) is 4.66. The summed E-state index contributed by atoms with van der Waals surface area (Å²) in [5, 5.41) is 5.95. The Kier molecular flexibility index (Phi) is 6.38. The van der Waals surface area contributed by atoms with Gasteiger partial charge in [-0.2, -0.15) is 0 Å². The lowest BCUT2D eigenvalue weighted by molar-refractivity contribution is 0.0952. The summed E-state index contributed by atoms with van der Waals surface area (Å²) in [6, 6.07) is 7.23. The fourth-order valence-electron chi connectivity index (χ4n) is 2.50. The highest BCUT2D eigenvalue weighted by Crippen LogP contribution is 2.16. The Balaban J connectivity index is 1.42. The van der Waals surface area contributed by atoms with Crippen LogP contribution in [-0.4, -0.2) is 27.0 Å². The fraction of sp³-hybridized carbons (Fsp3) is 0.316. The van der Waals surface area contributed by atoms with E-state index in [-0.39, 0.29) is 5.91 Å². The predicted octanol–water partition coefficient (Wildman–Crippen LogP) is 3.44. The number of thiazole rings is 1. The van der Waals surface area contributed by atoms with Gasteiger partial charge < -0.3 is 14.6 Å². The van der Waals surface area contributed by atoms with Gasteiger partial charge in [-0.3, -0.25) is 4.79 Å². The highest BCUT2D eigenvalue weighted by atomic mass is 32.1. The van der Waals surface area contributed by atoms with Crippen molar-refractivity contribution in [1.29, 1.82) is 0 Å². The molecule has 0 saturated carbocycles. The summed E-state index contributed by atoms with van der Waals surface area (Å²) in [7, 11) is 0. The second-order valence-electron chi connectivity index (χ2n) is 5.94. The van der Waals surface area contributed by atoms with Crippen LogP contribution in [-0.2, 0) is 13.2 Å². The van der Waals surface area contributed by atoms with E-state index in [9.17, 15) is 4.79 Å². The van der Waals surface area contributed by atoms with Crippen LogP contribution in [0.3, 0.4) is 0 Å². The number of hydrogen-bond acceptors (Lipinski definition) is 5. The Morgan fingerprint density at radius 3 is 3.04 bits per heavy atom. The number of carbonyl (C=O) groups excluding carboxylic acids is 1. The molecule has 26 heavy (non-hydrogen) atoms. The highest BCUT2D eigenvalue weighted by molar-refractivity contribution is 7.09. The van der Waals surface area contributed by atoms with Crippen molar-refractivity contribution in [2.75, 3.05) is 6.54 Å². The second kappa shape index (κ2) is 9.15. The van der Waals surface area contributed by atoms with Gasteiger partial charge in [-0.1, -0.05) is 6.07 Å². The van der Waals surface area contributed by atoms with Crippen molar-refractivity contribution in [2.45, 2.75) is 32.9 Å². The lowest BCUT2D eigenvalue weighted by Crippen LogP contribution is -2.24. The maximum Gasteiger partial charge on any atom is 0.251 e. The smallest absolute Gasteiger partial charge is 0.251 e. The van der Waals surface area contributed by atoms with E-state index in [1.54, 1.807) is 36.0 Å². The molecular weight excluding hydrogens is 348 g/mol. The van der Waals surface area contributed by atoms with Gasteiger partial charge in [-0.25, -0.2) is 9.97 Å². The topological polar surface area (TPSA) is 69.0 Å². The minimum Gasteiger partial charge on any atom is -0.487 e. The number of nitrogens with one attached hydrogen (secondary N) is 1. The number of aryl methyl sites for hydroxylation is 2. The van der Waals surface area contributed by atoms with Crippen LogP contribution in [0.1, 0.15) is 33.9 Å². The van der Waals surface area contributed by atoms with Crippen molar-refractivity contribution >= 4 is 17.2 Å². The van der Waals surface area contributed by atoms with Gasteiger partial charge in [0.15, 0.2) is 0 Å². The van der Waals surface area contributed by atoms with Gasteiger partial charge in [0.2, 0.25) is 0 Å². The maximum absolute atomic E-state index is 12.3. The minimum absolute atomic E-state index is 0.0809. The van der Waals surface area contributed by atoms with Crippen LogP contribution in [0.4, 0.5) is 0 Å². The monoisotopic (exact) mass is 370 g/mol. The normalized spacial score (nSPS) is 10.7. The van der Waals surface area contributed by atoms with E-state index in [4.69, 9.17) is 4.74 Å². The third kappa shape index (κ3) is 5.42. The number of rotatable bonds is 9. The van der Waals surface area contributed by atoms with Crippen LogP contribution in [0.25, 0.3) is 0 Å². The van der Waals surface area contributed by atoms with Crippen LogP contribution in [0.5, 0.6) is 5.75 Å². The first-order valence-corrected chi connectivity index (χ1v) is 9.46. The van der Waals surface area contributed by atoms with Crippen LogP contribution >= 0.6 is 11.3 Å². The van der Waals surface area contributed by atoms with Gasteiger partial charge in [0.25, 0.3) is 5.91 Å². The number of unbranched alkanes of at least 4 members (excludes halogenated alkanes) is 1. The van der Waals surface area contributed by atoms with Gasteiger partial charge in [-0.15, -0.1) is 11.3 Å². The number of nitrogens with zero attached hydrogens (tertiary/aromatic N) is 3. The molecule has 0 fully saturated rings. The minimum atomic E-state index is -0.0809. The average Bonchev–Trinajstić information content (AvgIpc) is 3.31. The Hall–Kier alpha value is -2.67. The van der Waals surface area contributed by atoms with Gasteiger partial charge in [0.05, 0.1) is 17.0 Å². The molecule has 0 radical (unpaired) electrons. The summed E-state index contributed by atoms with van der Waals surface area (Å²) in [5.41, 5.74) is 1.51. The van der Waals surface area contributed by atoms with Crippen molar-refractivity contribution in [3.8, 4) is 5.75 Å². The molecule has 2 aromatic heterocycles. The van der Waals surface area contributed by atoms with Crippen LogP contribution < -0.4 is 10.1 Å². The molecule has 3 aromatic rings. The Bertz CT molecular complexity index is 830. The molecule has 2 heterocycles. The molecule has 0 aliphatic heterocycles. The molecule has 0 aliphatic carbocycles. The zero-order chi connectivity index (χ0) is 18.2. The van der Waals surface area contributed by atoms with Crippen LogP contribution in [0.2, 0.25) is 0 Å². The second-order valence-corrected chi connectivity index (χ2v) is 7.00. The molecule has 1 N–H and O–H groups in total. The Morgan fingerprint density at radius 1 is 1.35 bits per heavy atom. The summed E-state index contributed by atoms with van der Waals surface area (Å²) in [4.78, 5) is 20.7. The Labute approximate surface area is 156 Å². The van der Waals surface area contributed by atoms with Gasteiger partial charge in [0, 0.05) is 36.4 Å². The van der Waals surface area contributed by atoms with E-state index in [1.807, 2.05) is 35.2 Å². The number of imidazole rings is 1. The van der Waals surface area contributed by atoms with E-state index >= 15 is 0 Å². The first-order valence-electron chi connectivity index (χ1n) is 8.58. The number of aromatic nitrogens is 3. The average molecular weight is 370 g/mol. The summed E-state index contributed by atoms with van der Waals surface area (Å²) in [5.74, 6) is 0.589. The van der Waals surface area contributed by atoms with Crippen molar-refractivity contribution < 1.29 is 9.53 Å². The molecule has 0 aliphatic rings. The summed E-state index contributed by atoms with van der Waals surface area (Å²) in [6.07, 6.45) is 7.43. The van der Waals surface area contributed by atoms with E-state index < -0.39 is 0 Å². The van der Waals surface area contributed by atoms with Gasteiger partial charge in [0.1, 0.15) is 12.4 Å². The highest BCUT2D eigenvalue weighted by Gasteiger charge is 2.07. The maximum atomic E-state index is 12.3. The molecule has 0 saturated heterocycles. The predicted molar refractivity (Wildman–Crippen MR) is 101 cm³/mol.